The molecule has 2 heterocycles. The van der Waals surface area contributed by atoms with Crippen LogP contribution in [-0.2, 0) is 4.74 Å². The number of amides is 1. The molecular weight excluding hydrogens is 342 g/mol. The Morgan fingerprint density at radius 1 is 1.20 bits per heavy atom. The number of carbonyl (C=O) groups excluding carboxylic acids is 2. The van der Waals surface area contributed by atoms with Gasteiger partial charge >= 0.3 is 5.97 Å². The molecule has 0 radical (unpaired) electrons. The fraction of sp³-hybridized carbons (Fsp3) is 0.278. The Morgan fingerprint density at radius 2 is 1.96 bits per heavy atom. The molecule has 0 unspecified atom stereocenters. The number of aromatic nitrogens is 1. The molecule has 1 aliphatic heterocycles. The minimum absolute atomic E-state index is 0.295. The molecule has 1 amide bonds. The van der Waals surface area contributed by atoms with E-state index in [0.717, 1.165) is 31.6 Å². The average Bonchev–Trinajstić information content (AvgIpc) is 3.17. The number of anilines is 2. The molecule has 1 aromatic carbocycles. The predicted octanol–water partition coefficient (Wildman–Crippen LogP) is 3.37. The van der Waals surface area contributed by atoms with Crippen molar-refractivity contribution >= 4 is 34.9 Å². The van der Waals surface area contributed by atoms with Gasteiger partial charge in [0.1, 0.15) is 5.69 Å². The van der Waals surface area contributed by atoms with Crippen LogP contribution in [0.15, 0.2) is 36.5 Å². The fourth-order valence-electron chi connectivity index (χ4n) is 2.77. The van der Waals surface area contributed by atoms with Gasteiger partial charge in [-0.15, -0.1) is 0 Å². The van der Waals surface area contributed by atoms with Gasteiger partial charge in [0, 0.05) is 25.0 Å². The summed E-state index contributed by atoms with van der Waals surface area (Å²) in [5.41, 5.74) is 1.92. The quantitative estimate of drug-likeness (QED) is 0.847. The number of ether oxygens (including phenoxy) is 1. The lowest BCUT2D eigenvalue weighted by molar-refractivity contribution is 0.0600. The summed E-state index contributed by atoms with van der Waals surface area (Å²) in [5, 5.41) is 3.03. The van der Waals surface area contributed by atoms with Crippen molar-refractivity contribution in [1.29, 1.82) is 0 Å². The largest absolute Gasteiger partial charge is 0.465 e. The van der Waals surface area contributed by atoms with Crippen LogP contribution in [-0.4, -0.2) is 37.1 Å². The molecule has 1 N–H and O–H groups in total. The second-order valence-electron chi connectivity index (χ2n) is 5.73. The Labute approximate surface area is 150 Å². The summed E-state index contributed by atoms with van der Waals surface area (Å²) < 4.78 is 4.68. The highest BCUT2D eigenvalue weighted by Gasteiger charge is 2.16. The van der Waals surface area contributed by atoms with Crippen LogP contribution in [0.1, 0.15) is 33.7 Å². The molecule has 0 atom stereocenters. The number of benzene rings is 1. The van der Waals surface area contributed by atoms with Gasteiger partial charge in [-0.1, -0.05) is 11.6 Å². The second-order valence-corrected chi connectivity index (χ2v) is 6.14. The fourth-order valence-corrected chi connectivity index (χ4v) is 2.93. The zero-order chi connectivity index (χ0) is 17.8. The van der Waals surface area contributed by atoms with Gasteiger partial charge in [0.2, 0.25) is 0 Å². The van der Waals surface area contributed by atoms with E-state index in [1.807, 2.05) is 6.07 Å². The van der Waals surface area contributed by atoms with E-state index >= 15 is 0 Å². The number of halogens is 1. The molecule has 0 bridgehead atoms. The van der Waals surface area contributed by atoms with Crippen molar-refractivity contribution in [2.75, 3.05) is 30.4 Å². The Hall–Kier alpha value is -2.60. The maximum absolute atomic E-state index is 12.5. The van der Waals surface area contributed by atoms with Crippen molar-refractivity contribution in [1.82, 2.24) is 4.98 Å². The summed E-state index contributed by atoms with van der Waals surface area (Å²) in [4.78, 5) is 30.5. The normalized spacial score (nSPS) is 13.6. The van der Waals surface area contributed by atoms with Gasteiger partial charge in [-0.25, -0.2) is 4.79 Å². The first-order valence-corrected chi connectivity index (χ1v) is 8.36. The lowest BCUT2D eigenvalue weighted by atomic mass is 10.2. The van der Waals surface area contributed by atoms with Gasteiger partial charge in [0.15, 0.2) is 0 Å². The number of methoxy groups -OCH3 is 1. The monoisotopic (exact) mass is 359 g/mol. The Balaban J connectivity index is 1.80. The molecule has 0 aliphatic carbocycles. The number of carbonyl (C=O) groups is 2. The average molecular weight is 360 g/mol. The highest BCUT2D eigenvalue weighted by molar-refractivity contribution is 6.34. The van der Waals surface area contributed by atoms with E-state index in [-0.39, 0.29) is 5.91 Å². The Bertz CT molecular complexity index is 804. The van der Waals surface area contributed by atoms with E-state index in [4.69, 9.17) is 11.6 Å². The van der Waals surface area contributed by atoms with Crippen LogP contribution in [0.25, 0.3) is 0 Å². The Morgan fingerprint density at radius 3 is 2.68 bits per heavy atom. The van der Waals surface area contributed by atoms with Crippen molar-refractivity contribution < 1.29 is 14.3 Å². The molecule has 130 valence electrons. The molecule has 0 spiro atoms. The molecule has 1 fully saturated rings. The van der Waals surface area contributed by atoms with E-state index in [2.05, 4.69) is 19.9 Å². The van der Waals surface area contributed by atoms with Gasteiger partial charge in [0.25, 0.3) is 5.91 Å². The summed E-state index contributed by atoms with van der Waals surface area (Å²) in [5.74, 6) is -0.883. The van der Waals surface area contributed by atoms with Gasteiger partial charge in [-0.3, -0.25) is 9.78 Å². The summed E-state index contributed by atoms with van der Waals surface area (Å²) in [6.07, 6.45) is 3.93. The number of hydrogen-bond donors (Lipinski definition) is 1. The third kappa shape index (κ3) is 3.91. The van der Waals surface area contributed by atoms with Gasteiger partial charge < -0.3 is 15.0 Å². The van der Waals surface area contributed by atoms with Crippen LogP contribution in [0, 0.1) is 0 Å². The number of esters is 1. The summed E-state index contributed by atoms with van der Waals surface area (Å²) >= 11 is 6.12. The van der Waals surface area contributed by atoms with E-state index < -0.39 is 5.97 Å². The molecular formula is C18H18ClN3O3. The van der Waals surface area contributed by atoms with Crippen molar-refractivity contribution in [2.45, 2.75) is 12.8 Å². The van der Waals surface area contributed by atoms with Crippen LogP contribution in [0.4, 0.5) is 11.4 Å². The minimum atomic E-state index is -0.499. The van der Waals surface area contributed by atoms with Crippen LogP contribution in [0.3, 0.4) is 0 Å². The Kier molecular flexibility index (Phi) is 5.19. The smallest absolute Gasteiger partial charge is 0.337 e. The van der Waals surface area contributed by atoms with Crippen molar-refractivity contribution in [2.24, 2.45) is 0 Å². The van der Waals surface area contributed by atoms with E-state index in [1.165, 1.54) is 25.3 Å². The molecule has 1 aliphatic rings. The van der Waals surface area contributed by atoms with Crippen molar-refractivity contribution in [3.05, 3.63) is 52.8 Å². The van der Waals surface area contributed by atoms with Crippen molar-refractivity contribution in [3.63, 3.8) is 0 Å². The third-order valence-electron chi connectivity index (χ3n) is 4.08. The zero-order valence-corrected chi connectivity index (χ0v) is 14.5. The molecule has 6 nitrogen and oxygen atoms in total. The number of rotatable bonds is 4. The number of nitrogens with zero attached hydrogens (tertiary/aromatic N) is 2. The first kappa shape index (κ1) is 17.2. The lowest BCUT2D eigenvalue weighted by Gasteiger charge is -2.17. The molecule has 3 rings (SSSR count). The van der Waals surface area contributed by atoms with Gasteiger partial charge in [0.05, 0.1) is 23.4 Å². The molecule has 7 heteroatoms. The number of pyridine rings is 1. The van der Waals surface area contributed by atoms with Crippen LogP contribution in [0.2, 0.25) is 5.02 Å². The van der Waals surface area contributed by atoms with E-state index in [9.17, 15) is 9.59 Å². The first-order chi connectivity index (χ1) is 12.1. The predicted molar refractivity (Wildman–Crippen MR) is 96.4 cm³/mol. The summed E-state index contributed by atoms with van der Waals surface area (Å²) in [7, 11) is 1.29. The lowest BCUT2D eigenvalue weighted by Crippen LogP contribution is -2.20. The highest BCUT2D eigenvalue weighted by Crippen LogP contribution is 2.25. The minimum Gasteiger partial charge on any atom is -0.465 e. The molecule has 25 heavy (non-hydrogen) atoms. The number of nitrogens with one attached hydrogen (secondary N) is 1. The molecule has 0 saturated carbocycles. The summed E-state index contributed by atoms with van der Waals surface area (Å²) in [6.45, 7) is 1.97. The number of hydrogen-bond acceptors (Lipinski definition) is 5. The molecule has 1 saturated heterocycles. The maximum atomic E-state index is 12.5. The van der Waals surface area contributed by atoms with Crippen molar-refractivity contribution in [3.8, 4) is 0 Å². The first-order valence-electron chi connectivity index (χ1n) is 7.98. The topological polar surface area (TPSA) is 71.5 Å². The second kappa shape index (κ2) is 7.53. The van der Waals surface area contributed by atoms with Gasteiger partial charge in [-0.2, -0.15) is 0 Å². The third-order valence-corrected chi connectivity index (χ3v) is 4.41. The van der Waals surface area contributed by atoms with Gasteiger partial charge in [-0.05, 0) is 43.2 Å². The van der Waals surface area contributed by atoms with E-state index in [0.29, 0.717) is 22.0 Å². The van der Waals surface area contributed by atoms with Crippen LogP contribution < -0.4 is 10.2 Å². The van der Waals surface area contributed by atoms with Crippen LogP contribution in [0.5, 0.6) is 0 Å². The standard InChI is InChI=1S/C18H18ClN3O3/c1-25-18(24)12-4-5-14(19)15(10-12)21-17(23)16-11-13(6-7-20-16)22-8-2-3-9-22/h4-7,10-11H,2-3,8-9H2,1H3,(H,21,23). The molecule has 1 aromatic heterocycles. The highest BCUT2D eigenvalue weighted by atomic mass is 35.5. The van der Waals surface area contributed by atoms with Crippen LogP contribution >= 0.6 is 11.6 Å². The molecule has 2 aromatic rings. The zero-order valence-electron chi connectivity index (χ0n) is 13.8. The SMILES string of the molecule is COC(=O)c1ccc(Cl)c(NC(=O)c2cc(N3CCCC3)ccn2)c1. The van der Waals surface area contributed by atoms with E-state index in [1.54, 1.807) is 12.3 Å². The maximum Gasteiger partial charge on any atom is 0.337 e. The summed E-state index contributed by atoms with van der Waals surface area (Å²) in [6, 6.07) is 8.22.